The van der Waals surface area contributed by atoms with Crippen molar-refractivity contribution in [3.05, 3.63) is 27.2 Å². The standard InChI is InChI=1S/C16H19BrN2O2S/c1-10-14(15(19-21-10)12-8-9-13(17)22-12)16(20)18-11-6-4-2-3-5-7-11/h8-9,11H,2-7H2,1H3,(H,18,20). The topological polar surface area (TPSA) is 55.1 Å². The van der Waals surface area contributed by atoms with E-state index in [4.69, 9.17) is 4.52 Å². The highest BCUT2D eigenvalue weighted by Gasteiger charge is 2.24. The van der Waals surface area contributed by atoms with E-state index >= 15 is 0 Å². The summed E-state index contributed by atoms with van der Waals surface area (Å²) in [5, 5.41) is 7.26. The third kappa shape index (κ3) is 3.43. The molecular weight excluding hydrogens is 364 g/mol. The number of nitrogens with one attached hydrogen (secondary N) is 1. The highest BCUT2D eigenvalue weighted by Crippen LogP contribution is 2.33. The van der Waals surface area contributed by atoms with E-state index in [2.05, 4.69) is 26.4 Å². The summed E-state index contributed by atoms with van der Waals surface area (Å²) in [5.41, 5.74) is 1.21. The van der Waals surface area contributed by atoms with Crippen molar-refractivity contribution in [2.24, 2.45) is 0 Å². The van der Waals surface area contributed by atoms with Gasteiger partial charge in [0.1, 0.15) is 17.0 Å². The summed E-state index contributed by atoms with van der Waals surface area (Å²) in [6.45, 7) is 1.79. The Bertz CT molecular complexity index is 657. The second-order valence-corrected chi connectivity index (χ2v) is 8.19. The second-order valence-electron chi connectivity index (χ2n) is 5.73. The number of carbonyl (C=O) groups is 1. The first-order valence-corrected chi connectivity index (χ1v) is 9.29. The summed E-state index contributed by atoms with van der Waals surface area (Å²) < 4.78 is 6.29. The Kier molecular flexibility index (Phi) is 4.98. The lowest BCUT2D eigenvalue weighted by Crippen LogP contribution is -2.34. The van der Waals surface area contributed by atoms with Crippen LogP contribution in [0.4, 0.5) is 0 Å². The van der Waals surface area contributed by atoms with Gasteiger partial charge >= 0.3 is 0 Å². The van der Waals surface area contributed by atoms with Gasteiger partial charge in [-0.1, -0.05) is 30.8 Å². The molecule has 1 N–H and O–H groups in total. The molecule has 0 aromatic carbocycles. The van der Waals surface area contributed by atoms with E-state index in [1.165, 1.54) is 25.7 Å². The lowest BCUT2D eigenvalue weighted by molar-refractivity contribution is 0.0932. The van der Waals surface area contributed by atoms with Gasteiger partial charge in [0.2, 0.25) is 0 Å². The van der Waals surface area contributed by atoms with E-state index in [1.807, 2.05) is 12.1 Å². The molecule has 22 heavy (non-hydrogen) atoms. The first-order chi connectivity index (χ1) is 10.6. The van der Waals surface area contributed by atoms with Gasteiger partial charge in [0.25, 0.3) is 5.91 Å². The number of halogens is 1. The maximum absolute atomic E-state index is 12.7. The summed E-state index contributed by atoms with van der Waals surface area (Å²) in [6.07, 6.45) is 7.06. The Morgan fingerprint density at radius 2 is 2.05 bits per heavy atom. The molecule has 1 saturated carbocycles. The predicted molar refractivity (Wildman–Crippen MR) is 91.2 cm³/mol. The smallest absolute Gasteiger partial charge is 0.257 e. The van der Waals surface area contributed by atoms with Gasteiger partial charge in [-0.15, -0.1) is 11.3 Å². The van der Waals surface area contributed by atoms with Gasteiger partial charge in [-0.3, -0.25) is 4.79 Å². The molecule has 4 nitrogen and oxygen atoms in total. The molecule has 118 valence electrons. The third-order valence-corrected chi connectivity index (χ3v) is 5.72. The van der Waals surface area contributed by atoms with Gasteiger partial charge in [-0.25, -0.2) is 0 Å². The van der Waals surface area contributed by atoms with Gasteiger partial charge in [-0.2, -0.15) is 0 Å². The Morgan fingerprint density at radius 1 is 1.32 bits per heavy atom. The fourth-order valence-electron chi connectivity index (χ4n) is 2.93. The Hall–Kier alpha value is -1.14. The molecule has 0 unspecified atom stereocenters. The van der Waals surface area contributed by atoms with Gasteiger partial charge in [-0.05, 0) is 47.8 Å². The van der Waals surface area contributed by atoms with Crippen LogP contribution in [-0.2, 0) is 0 Å². The minimum atomic E-state index is -0.0647. The normalized spacial score (nSPS) is 16.5. The molecule has 2 aromatic heterocycles. The van der Waals surface area contributed by atoms with Gasteiger partial charge < -0.3 is 9.84 Å². The quantitative estimate of drug-likeness (QED) is 0.765. The van der Waals surface area contributed by atoms with E-state index in [0.717, 1.165) is 21.5 Å². The number of aromatic nitrogens is 1. The van der Waals surface area contributed by atoms with Crippen molar-refractivity contribution < 1.29 is 9.32 Å². The minimum absolute atomic E-state index is 0.0647. The largest absolute Gasteiger partial charge is 0.360 e. The molecule has 0 radical (unpaired) electrons. The zero-order chi connectivity index (χ0) is 15.5. The maximum Gasteiger partial charge on any atom is 0.257 e. The van der Waals surface area contributed by atoms with E-state index in [1.54, 1.807) is 18.3 Å². The molecule has 0 saturated heterocycles. The van der Waals surface area contributed by atoms with Crippen LogP contribution in [0.3, 0.4) is 0 Å². The number of carbonyl (C=O) groups excluding carboxylic acids is 1. The number of hydrogen-bond acceptors (Lipinski definition) is 4. The van der Waals surface area contributed by atoms with Crippen molar-refractivity contribution in [2.75, 3.05) is 0 Å². The van der Waals surface area contributed by atoms with Crippen molar-refractivity contribution >= 4 is 33.2 Å². The summed E-state index contributed by atoms with van der Waals surface area (Å²) in [4.78, 5) is 13.6. The summed E-state index contributed by atoms with van der Waals surface area (Å²) in [5.74, 6) is 0.510. The van der Waals surface area contributed by atoms with E-state index in [0.29, 0.717) is 17.0 Å². The number of amides is 1. The molecule has 1 aliphatic rings. The fourth-order valence-corrected chi connectivity index (χ4v) is 4.30. The zero-order valence-corrected chi connectivity index (χ0v) is 14.9. The molecule has 2 heterocycles. The summed E-state index contributed by atoms with van der Waals surface area (Å²) in [6, 6.07) is 4.18. The van der Waals surface area contributed by atoms with Crippen molar-refractivity contribution in [1.82, 2.24) is 10.5 Å². The number of thiophene rings is 1. The van der Waals surface area contributed by atoms with Crippen molar-refractivity contribution in [3.63, 3.8) is 0 Å². The van der Waals surface area contributed by atoms with Crippen molar-refractivity contribution in [1.29, 1.82) is 0 Å². The van der Waals surface area contributed by atoms with Crippen LogP contribution in [0.25, 0.3) is 10.6 Å². The molecular formula is C16H19BrN2O2S. The number of rotatable bonds is 3. The van der Waals surface area contributed by atoms with Crippen LogP contribution < -0.4 is 5.32 Å². The monoisotopic (exact) mass is 382 g/mol. The Labute approximate surface area is 142 Å². The lowest BCUT2D eigenvalue weighted by atomic mass is 10.1. The summed E-state index contributed by atoms with van der Waals surface area (Å²) >= 11 is 5.00. The second kappa shape index (κ2) is 6.96. The van der Waals surface area contributed by atoms with Gasteiger partial charge in [0.15, 0.2) is 0 Å². The van der Waals surface area contributed by atoms with Gasteiger partial charge in [0.05, 0.1) is 8.66 Å². The molecule has 1 amide bonds. The average Bonchev–Trinajstić information content (AvgIpc) is 2.98. The fraction of sp³-hybridized carbons (Fsp3) is 0.500. The molecule has 3 rings (SSSR count). The molecule has 6 heteroatoms. The van der Waals surface area contributed by atoms with Crippen molar-refractivity contribution in [2.45, 2.75) is 51.5 Å². The number of nitrogens with zero attached hydrogens (tertiary/aromatic N) is 1. The van der Waals surface area contributed by atoms with Gasteiger partial charge in [0, 0.05) is 6.04 Å². The highest BCUT2D eigenvalue weighted by atomic mass is 79.9. The third-order valence-electron chi connectivity index (χ3n) is 4.09. The molecule has 1 aliphatic carbocycles. The zero-order valence-electron chi connectivity index (χ0n) is 12.5. The van der Waals surface area contributed by atoms with Crippen LogP contribution in [0.2, 0.25) is 0 Å². The SMILES string of the molecule is Cc1onc(-c2ccc(Br)s2)c1C(=O)NC1CCCCCC1. The van der Waals surface area contributed by atoms with Crippen LogP contribution in [0.5, 0.6) is 0 Å². The lowest BCUT2D eigenvalue weighted by Gasteiger charge is -2.16. The van der Waals surface area contributed by atoms with Crippen LogP contribution in [0.15, 0.2) is 20.4 Å². The summed E-state index contributed by atoms with van der Waals surface area (Å²) in [7, 11) is 0. The van der Waals surface area contributed by atoms with Crippen LogP contribution in [0.1, 0.15) is 54.6 Å². The van der Waals surface area contributed by atoms with Crippen LogP contribution >= 0.6 is 27.3 Å². The first-order valence-electron chi connectivity index (χ1n) is 7.68. The van der Waals surface area contributed by atoms with Crippen LogP contribution in [-0.4, -0.2) is 17.1 Å². The molecule has 2 aromatic rings. The average molecular weight is 383 g/mol. The molecule has 0 bridgehead atoms. The first kappa shape index (κ1) is 15.7. The Balaban J connectivity index is 1.81. The van der Waals surface area contributed by atoms with Crippen molar-refractivity contribution in [3.8, 4) is 10.6 Å². The van der Waals surface area contributed by atoms with Crippen LogP contribution in [0, 0.1) is 6.92 Å². The molecule has 0 aliphatic heterocycles. The molecule has 1 fully saturated rings. The van der Waals surface area contributed by atoms with E-state index < -0.39 is 0 Å². The maximum atomic E-state index is 12.7. The van der Waals surface area contributed by atoms with E-state index in [-0.39, 0.29) is 11.9 Å². The number of aryl methyl sites for hydroxylation is 1. The predicted octanol–water partition coefficient (Wildman–Crippen LogP) is 4.93. The number of hydrogen-bond donors (Lipinski definition) is 1. The Morgan fingerprint density at radius 3 is 2.68 bits per heavy atom. The molecule has 0 atom stereocenters. The molecule has 0 spiro atoms. The minimum Gasteiger partial charge on any atom is -0.360 e. The van der Waals surface area contributed by atoms with E-state index in [9.17, 15) is 4.79 Å². The highest BCUT2D eigenvalue weighted by molar-refractivity contribution is 9.11.